The van der Waals surface area contributed by atoms with Gasteiger partial charge in [-0.25, -0.2) is 0 Å². The van der Waals surface area contributed by atoms with E-state index < -0.39 is 17.1 Å². The van der Waals surface area contributed by atoms with Crippen molar-refractivity contribution in [1.82, 2.24) is 28.6 Å². The molecule has 0 heterocycles. The quantitative estimate of drug-likeness (QED) is 0.343. The van der Waals surface area contributed by atoms with Crippen molar-refractivity contribution in [3.8, 4) is 0 Å². The summed E-state index contributed by atoms with van der Waals surface area (Å²) in [5, 5.41) is 0. The van der Waals surface area contributed by atoms with E-state index in [0.717, 1.165) is 18.1 Å². The summed E-state index contributed by atoms with van der Waals surface area (Å²) in [5.74, 6) is -0.499. The van der Waals surface area contributed by atoms with Crippen LogP contribution in [0.2, 0.25) is 13.1 Å². The third-order valence-electron chi connectivity index (χ3n) is 9.62. The summed E-state index contributed by atoms with van der Waals surface area (Å²) in [6.45, 7) is 8.58. The van der Waals surface area contributed by atoms with Crippen LogP contribution in [0.25, 0.3) is 0 Å². The largest absolute Gasteiger partial charge is 0.382 e. The van der Waals surface area contributed by atoms with Crippen molar-refractivity contribution in [2.75, 3.05) is 21.1 Å². The topological polar surface area (TPSA) is 97.0 Å². The van der Waals surface area contributed by atoms with E-state index in [1.54, 1.807) is 27.7 Å². The lowest BCUT2D eigenvalue weighted by Crippen LogP contribution is -2.76. The van der Waals surface area contributed by atoms with Gasteiger partial charge in [0.15, 0.2) is 0 Å². The Morgan fingerprint density at radius 1 is 0.500 bits per heavy atom. The number of amides is 3. The highest BCUT2D eigenvalue weighted by Crippen LogP contribution is 2.23. The SMILES string of the molecule is CC(=O)N(C)[Si](C)(N(C)C(C)=O)N(C)C(C)=O.C[Si](NC1CCCCC1)(NC1CCCCC1)NC1CCCCC1. The van der Waals surface area contributed by atoms with Crippen LogP contribution in [-0.2, 0) is 14.4 Å². The van der Waals surface area contributed by atoms with E-state index in [-0.39, 0.29) is 17.7 Å². The number of hydrogen-bond donors (Lipinski definition) is 3. The van der Waals surface area contributed by atoms with Gasteiger partial charge in [0.1, 0.15) is 0 Å². The summed E-state index contributed by atoms with van der Waals surface area (Å²) in [4.78, 5) is 47.0. The Hall–Kier alpha value is -1.28. The van der Waals surface area contributed by atoms with Gasteiger partial charge in [-0.2, -0.15) is 0 Å². The van der Waals surface area contributed by atoms with Crippen molar-refractivity contribution in [1.29, 1.82) is 0 Å². The predicted molar refractivity (Wildman–Crippen MR) is 169 cm³/mol. The summed E-state index contributed by atoms with van der Waals surface area (Å²) < 4.78 is 4.49. The summed E-state index contributed by atoms with van der Waals surface area (Å²) >= 11 is 0. The predicted octanol–water partition coefficient (Wildman–Crippen LogP) is 4.31. The molecule has 0 saturated heterocycles. The van der Waals surface area contributed by atoms with Gasteiger partial charge in [-0.05, 0) is 51.6 Å². The molecule has 40 heavy (non-hydrogen) atoms. The molecule has 0 radical (unpaired) electrons. The Morgan fingerprint density at radius 3 is 0.925 bits per heavy atom. The molecule has 232 valence electrons. The van der Waals surface area contributed by atoms with E-state index in [1.807, 2.05) is 0 Å². The maximum Gasteiger partial charge on any atom is 0.382 e. The van der Waals surface area contributed by atoms with Crippen LogP contribution in [0.5, 0.6) is 0 Å². The van der Waals surface area contributed by atoms with E-state index in [0.29, 0.717) is 0 Å². The molecule has 0 spiro atoms. The maximum absolute atomic E-state index is 11.5. The van der Waals surface area contributed by atoms with Gasteiger partial charge in [0, 0.05) is 60.0 Å². The molecular weight excluding hydrogens is 537 g/mol. The first-order chi connectivity index (χ1) is 18.8. The van der Waals surface area contributed by atoms with Crippen LogP contribution >= 0.6 is 0 Å². The third-order valence-corrected chi connectivity index (χ3v) is 17.3. The van der Waals surface area contributed by atoms with Crippen LogP contribution in [0.1, 0.15) is 117 Å². The average Bonchev–Trinajstić information content (AvgIpc) is 2.92. The van der Waals surface area contributed by atoms with Crippen molar-refractivity contribution >= 4 is 34.8 Å². The standard InChI is InChI=1S/C19H39N3Si.C10H21N3O3Si/c1-23(20-17-11-5-2-6-12-17,21-18-13-7-3-8-14-18)22-19-15-9-4-10-16-19;1-8(14)11(4)17(7,12(5)9(2)15)13(6)10(3)16/h17-22H,2-16H2,1H3;1-7H3. The zero-order valence-corrected chi connectivity index (χ0v) is 28.9. The van der Waals surface area contributed by atoms with Crippen LogP contribution in [0.4, 0.5) is 0 Å². The van der Waals surface area contributed by atoms with Gasteiger partial charge in [0.25, 0.3) is 8.56 Å². The van der Waals surface area contributed by atoms with E-state index >= 15 is 0 Å². The number of nitrogens with one attached hydrogen (secondary N) is 3. The fraction of sp³-hybridized carbons (Fsp3) is 0.897. The van der Waals surface area contributed by atoms with Crippen molar-refractivity contribution in [2.45, 2.75) is 148 Å². The van der Waals surface area contributed by atoms with Gasteiger partial charge >= 0.3 is 8.56 Å². The molecule has 3 rings (SSSR count). The minimum absolute atomic E-state index is 0.166. The van der Waals surface area contributed by atoms with E-state index in [1.165, 1.54) is 131 Å². The molecule has 0 bridgehead atoms. The Kier molecular flexibility index (Phi) is 14.3. The highest BCUT2D eigenvalue weighted by Gasteiger charge is 2.47. The number of nitrogens with zero attached hydrogens (tertiary/aromatic N) is 3. The van der Waals surface area contributed by atoms with Crippen molar-refractivity contribution in [2.24, 2.45) is 0 Å². The second-order valence-electron chi connectivity index (χ2n) is 12.8. The molecule has 11 heteroatoms. The second-order valence-corrected chi connectivity index (χ2v) is 19.8. The van der Waals surface area contributed by atoms with Crippen LogP contribution in [-0.4, -0.2) is 87.8 Å². The molecule has 0 unspecified atom stereocenters. The first-order valence-electron chi connectivity index (χ1n) is 15.9. The Labute approximate surface area is 247 Å². The highest BCUT2D eigenvalue weighted by atomic mass is 28.4. The highest BCUT2D eigenvalue weighted by molar-refractivity contribution is 6.76. The monoisotopic (exact) mass is 596 g/mol. The van der Waals surface area contributed by atoms with Crippen LogP contribution in [0.3, 0.4) is 0 Å². The molecule has 3 aliphatic carbocycles. The van der Waals surface area contributed by atoms with Crippen LogP contribution in [0, 0.1) is 0 Å². The Balaban J connectivity index is 0.000000296. The molecule has 9 nitrogen and oxygen atoms in total. The number of rotatable bonds is 9. The lowest BCUT2D eigenvalue weighted by Gasteiger charge is -2.46. The van der Waals surface area contributed by atoms with Gasteiger partial charge < -0.3 is 28.6 Å². The second kappa shape index (κ2) is 16.4. The molecule has 3 amide bonds. The molecular formula is C29H60N6O3Si2. The minimum Gasteiger partial charge on any atom is -0.338 e. The zero-order chi connectivity index (χ0) is 29.9. The number of carbonyl (C=O) groups is 3. The minimum atomic E-state index is -2.80. The normalized spacial score (nSPS) is 19.8. The first-order valence-corrected chi connectivity index (χ1v) is 20.7. The van der Waals surface area contributed by atoms with Crippen LogP contribution in [0.15, 0.2) is 0 Å². The fourth-order valence-corrected chi connectivity index (χ4v) is 13.4. The van der Waals surface area contributed by atoms with Gasteiger partial charge in [-0.3, -0.25) is 14.4 Å². The van der Waals surface area contributed by atoms with Crippen LogP contribution < -0.4 is 14.9 Å². The Morgan fingerprint density at radius 2 is 0.725 bits per heavy atom. The molecule has 3 fully saturated rings. The molecule has 0 aromatic heterocycles. The first kappa shape index (κ1) is 34.9. The Bertz CT molecular complexity index is 713. The molecule has 0 aromatic carbocycles. The van der Waals surface area contributed by atoms with Gasteiger partial charge in [0.2, 0.25) is 17.7 Å². The maximum atomic E-state index is 11.5. The van der Waals surface area contributed by atoms with Crippen molar-refractivity contribution in [3.05, 3.63) is 0 Å². The van der Waals surface area contributed by atoms with Gasteiger partial charge in [0.05, 0.1) is 0 Å². The van der Waals surface area contributed by atoms with Crippen molar-refractivity contribution < 1.29 is 14.4 Å². The third kappa shape index (κ3) is 10.2. The molecule has 0 atom stereocenters. The summed E-state index contributed by atoms with van der Waals surface area (Å²) in [7, 11) is 0.296. The summed E-state index contributed by atoms with van der Waals surface area (Å²) in [5.41, 5.74) is 0. The molecule has 3 aliphatic rings. The number of hydrogen-bond acceptors (Lipinski definition) is 6. The van der Waals surface area contributed by atoms with Gasteiger partial charge in [-0.1, -0.05) is 57.8 Å². The lowest BCUT2D eigenvalue weighted by atomic mass is 9.96. The molecule has 0 aliphatic heterocycles. The molecule has 3 N–H and O–H groups in total. The summed E-state index contributed by atoms with van der Waals surface area (Å²) in [6.07, 6.45) is 21.2. The average molecular weight is 597 g/mol. The smallest absolute Gasteiger partial charge is 0.338 e. The van der Waals surface area contributed by atoms with Crippen molar-refractivity contribution in [3.63, 3.8) is 0 Å². The fourth-order valence-electron chi connectivity index (χ4n) is 6.66. The van der Waals surface area contributed by atoms with E-state index in [9.17, 15) is 14.4 Å². The van der Waals surface area contributed by atoms with E-state index in [2.05, 4.69) is 21.5 Å². The van der Waals surface area contributed by atoms with Gasteiger partial charge in [-0.15, -0.1) is 0 Å². The number of carbonyl (C=O) groups excluding carboxylic acids is 3. The lowest BCUT2D eigenvalue weighted by molar-refractivity contribution is -0.128. The summed E-state index contributed by atoms with van der Waals surface area (Å²) in [6, 6.07) is 2.27. The van der Waals surface area contributed by atoms with E-state index in [4.69, 9.17) is 0 Å². The molecule has 3 saturated carbocycles. The molecule has 0 aromatic rings. The zero-order valence-electron chi connectivity index (χ0n) is 26.9.